The predicted octanol–water partition coefficient (Wildman–Crippen LogP) is 3.75. The Morgan fingerprint density at radius 2 is 1.81 bits per heavy atom. The van der Waals surface area contributed by atoms with Crippen LogP contribution < -0.4 is 14.8 Å². The third-order valence-corrected chi connectivity index (χ3v) is 7.44. The number of rotatable bonds is 10. The SMILES string of the molecule is COc1c(NC(=O)C(=O)c2ccc(OCCN3CCOCC3)c3ccccc23)cc(C(C)(C)C)cc1-n1cc(CO)nn1. The van der Waals surface area contributed by atoms with Crippen LogP contribution in [0, 0.1) is 0 Å². The van der Waals surface area contributed by atoms with Crippen LogP contribution in [0.4, 0.5) is 5.69 Å². The molecule has 0 unspecified atom stereocenters. The number of ketones is 1. The lowest BCUT2D eigenvalue weighted by atomic mass is 9.86. The van der Waals surface area contributed by atoms with Gasteiger partial charge < -0.3 is 24.6 Å². The molecule has 2 heterocycles. The summed E-state index contributed by atoms with van der Waals surface area (Å²) in [7, 11) is 1.47. The van der Waals surface area contributed by atoms with Gasteiger partial charge in [0.15, 0.2) is 5.75 Å². The van der Waals surface area contributed by atoms with E-state index in [2.05, 4.69) is 20.5 Å². The summed E-state index contributed by atoms with van der Waals surface area (Å²) >= 11 is 0. The van der Waals surface area contributed by atoms with Crippen LogP contribution in [-0.2, 0) is 21.6 Å². The zero-order valence-electron chi connectivity index (χ0n) is 24.9. The number of nitrogens with one attached hydrogen (secondary N) is 1. The Morgan fingerprint density at radius 3 is 2.49 bits per heavy atom. The van der Waals surface area contributed by atoms with Gasteiger partial charge in [0.25, 0.3) is 11.7 Å². The van der Waals surface area contributed by atoms with Gasteiger partial charge in [0, 0.05) is 30.6 Å². The Morgan fingerprint density at radius 1 is 1.07 bits per heavy atom. The Hall–Kier alpha value is -4.32. The van der Waals surface area contributed by atoms with Crippen molar-refractivity contribution >= 4 is 28.2 Å². The summed E-state index contributed by atoms with van der Waals surface area (Å²) in [6.07, 6.45) is 1.58. The molecule has 1 aromatic heterocycles. The molecule has 43 heavy (non-hydrogen) atoms. The Bertz CT molecular complexity index is 1620. The molecule has 1 amide bonds. The lowest BCUT2D eigenvalue weighted by Gasteiger charge is -2.26. The van der Waals surface area contributed by atoms with Gasteiger partial charge >= 0.3 is 0 Å². The standard InChI is InChI=1S/C32H37N5O6/c1-32(2,3)21-17-26(30(41-4)27(18-21)37-19-22(20-38)34-35-37)33-31(40)29(39)25-9-10-28(24-8-6-5-7-23(24)25)43-16-13-36-11-14-42-15-12-36/h5-10,17-19,38H,11-16,20H2,1-4H3,(H,33,40). The van der Waals surface area contributed by atoms with Gasteiger partial charge in [-0.3, -0.25) is 14.5 Å². The minimum atomic E-state index is -0.809. The smallest absolute Gasteiger partial charge is 0.296 e. The summed E-state index contributed by atoms with van der Waals surface area (Å²) in [6.45, 7) is 10.3. The number of morpholine rings is 1. The molecule has 1 saturated heterocycles. The number of aliphatic hydroxyl groups is 1. The lowest BCUT2D eigenvalue weighted by Crippen LogP contribution is -2.38. The van der Waals surface area contributed by atoms with E-state index in [1.54, 1.807) is 24.4 Å². The Balaban J connectivity index is 1.42. The first kappa shape index (κ1) is 30.1. The molecule has 0 aliphatic carbocycles. The van der Waals surface area contributed by atoms with Gasteiger partial charge in [0.05, 0.1) is 38.8 Å². The van der Waals surface area contributed by atoms with Crippen molar-refractivity contribution in [2.45, 2.75) is 32.8 Å². The van der Waals surface area contributed by atoms with Gasteiger partial charge in [0.1, 0.15) is 23.7 Å². The van der Waals surface area contributed by atoms with Crippen molar-refractivity contribution in [1.82, 2.24) is 19.9 Å². The van der Waals surface area contributed by atoms with Crippen LogP contribution in [0.15, 0.2) is 54.7 Å². The van der Waals surface area contributed by atoms with Gasteiger partial charge in [-0.1, -0.05) is 50.3 Å². The maximum atomic E-state index is 13.6. The van der Waals surface area contributed by atoms with Gasteiger partial charge in [-0.2, -0.15) is 0 Å². The maximum Gasteiger partial charge on any atom is 0.296 e. The van der Waals surface area contributed by atoms with Crippen LogP contribution in [0.25, 0.3) is 16.5 Å². The number of ether oxygens (including phenoxy) is 3. The van der Waals surface area contributed by atoms with Gasteiger partial charge in [-0.15, -0.1) is 5.10 Å². The van der Waals surface area contributed by atoms with E-state index in [0.29, 0.717) is 40.6 Å². The van der Waals surface area contributed by atoms with Crippen LogP contribution in [0.2, 0.25) is 0 Å². The van der Waals surface area contributed by atoms with E-state index < -0.39 is 11.7 Å². The average Bonchev–Trinajstić information content (AvgIpc) is 3.50. The molecule has 0 saturated carbocycles. The molecule has 5 rings (SSSR count). The van der Waals surface area contributed by atoms with E-state index in [0.717, 1.165) is 43.8 Å². The van der Waals surface area contributed by atoms with Crippen molar-refractivity contribution in [3.8, 4) is 17.2 Å². The molecule has 1 aliphatic rings. The summed E-state index contributed by atoms with van der Waals surface area (Å²) in [6, 6.07) is 14.5. The van der Waals surface area contributed by atoms with E-state index in [4.69, 9.17) is 14.2 Å². The fourth-order valence-corrected chi connectivity index (χ4v) is 5.02. The van der Waals surface area contributed by atoms with Crippen LogP contribution in [0.3, 0.4) is 0 Å². The summed E-state index contributed by atoms with van der Waals surface area (Å²) in [5.74, 6) is -0.544. The van der Waals surface area contributed by atoms with E-state index in [1.165, 1.54) is 11.8 Å². The molecule has 0 bridgehead atoms. The van der Waals surface area contributed by atoms with E-state index in [-0.39, 0.29) is 17.6 Å². The first-order chi connectivity index (χ1) is 20.7. The molecule has 4 aromatic rings. The number of hydrogen-bond donors (Lipinski definition) is 2. The Kier molecular flexibility index (Phi) is 9.05. The average molecular weight is 588 g/mol. The van der Waals surface area contributed by atoms with Gasteiger partial charge in [-0.25, -0.2) is 4.68 Å². The number of anilines is 1. The van der Waals surface area contributed by atoms with Crippen molar-refractivity contribution in [1.29, 1.82) is 0 Å². The normalized spacial score (nSPS) is 14.1. The number of aromatic nitrogens is 3. The molecular weight excluding hydrogens is 550 g/mol. The number of nitrogens with zero attached hydrogens (tertiary/aromatic N) is 4. The van der Waals surface area contributed by atoms with Crippen molar-refractivity contribution in [2.24, 2.45) is 0 Å². The van der Waals surface area contributed by atoms with E-state index in [9.17, 15) is 14.7 Å². The highest BCUT2D eigenvalue weighted by Gasteiger charge is 2.26. The van der Waals surface area contributed by atoms with Crippen LogP contribution in [0.5, 0.6) is 11.5 Å². The number of fused-ring (bicyclic) bond motifs is 1. The molecule has 11 heteroatoms. The number of carbonyl (C=O) groups excluding carboxylic acids is 2. The zero-order chi connectivity index (χ0) is 30.6. The van der Waals surface area contributed by atoms with Gasteiger partial charge in [-0.05, 0) is 40.6 Å². The van der Waals surface area contributed by atoms with Crippen LogP contribution in [-0.4, -0.2) is 83.3 Å². The van der Waals surface area contributed by atoms with Crippen molar-refractivity contribution in [3.05, 3.63) is 71.5 Å². The highest BCUT2D eigenvalue weighted by atomic mass is 16.5. The van der Waals surface area contributed by atoms with E-state index in [1.807, 2.05) is 51.1 Å². The largest absolute Gasteiger partial charge is 0.492 e. The number of hydrogen-bond acceptors (Lipinski definition) is 9. The second-order valence-electron chi connectivity index (χ2n) is 11.4. The number of aliphatic hydroxyl groups excluding tert-OH is 1. The number of methoxy groups -OCH3 is 1. The third-order valence-electron chi connectivity index (χ3n) is 7.44. The minimum Gasteiger partial charge on any atom is -0.492 e. The lowest BCUT2D eigenvalue weighted by molar-refractivity contribution is -0.112. The molecule has 3 aromatic carbocycles. The van der Waals surface area contributed by atoms with E-state index >= 15 is 0 Å². The first-order valence-corrected chi connectivity index (χ1v) is 14.2. The zero-order valence-corrected chi connectivity index (χ0v) is 24.9. The predicted molar refractivity (Wildman–Crippen MR) is 162 cm³/mol. The minimum absolute atomic E-state index is 0.267. The van der Waals surface area contributed by atoms with Crippen molar-refractivity contribution < 1.29 is 28.9 Å². The molecule has 0 radical (unpaired) electrons. The fourth-order valence-electron chi connectivity index (χ4n) is 5.02. The molecule has 0 spiro atoms. The Labute approximate surface area is 250 Å². The molecule has 0 atom stereocenters. The van der Waals surface area contributed by atoms with Crippen LogP contribution >= 0.6 is 0 Å². The summed E-state index contributed by atoms with van der Waals surface area (Å²) < 4.78 is 18.7. The first-order valence-electron chi connectivity index (χ1n) is 14.2. The number of benzene rings is 3. The third kappa shape index (κ3) is 6.69. The highest BCUT2D eigenvalue weighted by molar-refractivity contribution is 6.48. The van der Waals surface area contributed by atoms with Crippen LogP contribution in [0.1, 0.15) is 42.4 Å². The monoisotopic (exact) mass is 587 g/mol. The summed E-state index contributed by atoms with van der Waals surface area (Å²) in [4.78, 5) is 29.4. The quantitative estimate of drug-likeness (QED) is 0.211. The molecule has 11 nitrogen and oxygen atoms in total. The van der Waals surface area contributed by atoms with Crippen molar-refractivity contribution in [2.75, 3.05) is 51.9 Å². The fraction of sp³-hybridized carbons (Fsp3) is 0.375. The number of amides is 1. The molecule has 1 fully saturated rings. The molecule has 1 aliphatic heterocycles. The molecule has 226 valence electrons. The van der Waals surface area contributed by atoms with Gasteiger partial charge in [0.2, 0.25) is 0 Å². The number of carbonyl (C=O) groups is 2. The highest BCUT2D eigenvalue weighted by Crippen LogP contribution is 2.37. The topological polar surface area (TPSA) is 128 Å². The second-order valence-corrected chi connectivity index (χ2v) is 11.4. The maximum absolute atomic E-state index is 13.6. The molecular formula is C32H37N5O6. The summed E-state index contributed by atoms with van der Waals surface area (Å²) in [5.41, 5.74) is 2.04. The summed E-state index contributed by atoms with van der Waals surface area (Å²) in [5, 5.41) is 21.7. The number of Topliss-reactive ketones (excluding diaryl/α,β-unsaturated/α-hetero) is 1. The van der Waals surface area contributed by atoms with Crippen molar-refractivity contribution in [3.63, 3.8) is 0 Å². The second kappa shape index (κ2) is 12.9. The molecule has 2 N–H and O–H groups in total.